The summed E-state index contributed by atoms with van der Waals surface area (Å²) in [5, 5.41) is 16.6. The minimum absolute atomic E-state index is 0.0896. The van der Waals surface area contributed by atoms with E-state index >= 15 is 0 Å². The Balaban J connectivity index is 2.36. The normalized spacial score (nSPS) is 14.6. The largest absolute Gasteiger partial charge is 0.444 e. The number of amides is 7. The Morgan fingerprint density at radius 1 is 0.525 bits per heavy atom. The maximum atomic E-state index is 14.0. The summed E-state index contributed by atoms with van der Waals surface area (Å²) in [6, 6.07) is 12.3. The number of hydrogen-bond acceptors (Lipinski definition) is 8. The summed E-state index contributed by atoms with van der Waals surface area (Å²) in [5.41, 5.74) is 6.32. The Morgan fingerprint density at radius 2 is 0.915 bits per heavy atom. The van der Waals surface area contributed by atoms with Crippen LogP contribution in [-0.2, 0) is 46.3 Å². The molecule has 0 aliphatic carbocycles. The first kappa shape index (κ1) is 49.7. The van der Waals surface area contributed by atoms with Crippen molar-refractivity contribution in [2.45, 2.75) is 137 Å². The molecule has 0 spiro atoms. The van der Waals surface area contributed by atoms with E-state index in [2.05, 4.69) is 31.9 Å². The molecule has 0 aliphatic heterocycles. The SMILES string of the molecule is CC(C)[C@H](NC(=O)[C@@H](NC(=O)[C@H](Cc1ccccc1)NC(=O)C[C@H](Cc1ccccc1)NC(=O)[C@@H](NC(=O)[C@@H](NC(=O)OC(C)(C)C)C(C)C)C(C)C)C(C)C)C(N)=O. The average Bonchev–Trinajstić information content (AvgIpc) is 3.12. The lowest BCUT2D eigenvalue weighted by Crippen LogP contribution is -2.59. The minimum atomic E-state index is -1.13. The fourth-order valence-electron chi connectivity index (χ4n) is 6.25. The van der Waals surface area contributed by atoms with Gasteiger partial charge in [-0.05, 0) is 62.0 Å². The summed E-state index contributed by atoms with van der Waals surface area (Å²) in [7, 11) is 0. The Morgan fingerprint density at radius 3 is 1.34 bits per heavy atom. The number of nitrogens with one attached hydrogen (secondary N) is 6. The van der Waals surface area contributed by atoms with E-state index in [9.17, 15) is 33.6 Å². The molecule has 0 aromatic heterocycles. The van der Waals surface area contributed by atoms with Crippen LogP contribution in [0.5, 0.6) is 0 Å². The lowest BCUT2D eigenvalue weighted by molar-refractivity contribution is -0.134. The van der Waals surface area contributed by atoms with Crippen molar-refractivity contribution in [1.82, 2.24) is 31.9 Å². The Hall–Kier alpha value is -5.47. The van der Waals surface area contributed by atoms with E-state index in [1.165, 1.54) is 0 Å². The molecule has 7 amide bonds. The summed E-state index contributed by atoms with van der Waals surface area (Å²) >= 11 is 0. The second kappa shape index (κ2) is 23.2. The van der Waals surface area contributed by atoms with Crippen LogP contribution < -0.4 is 37.6 Å². The molecule has 326 valence electrons. The molecular formula is C44H67N7O8. The van der Waals surface area contributed by atoms with Gasteiger partial charge in [-0.3, -0.25) is 28.8 Å². The number of hydrogen-bond donors (Lipinski definition) is 7. The van der Waals surface area contributed by atoms with Crippen molar-refractivity contribution in [2.24, 2.45) is 29.4 Å². The van der Waals surface area contributed by atoms with Crippen LogP contribution in [0.25, 0.3) is 0 Å². The van der Waals surface area contributed by atoms with Gasteiger partial charge in [-0.2, -0.15) is 0 Å². The van der Waals surface area contributed by atoms with Gasteiger partial charge >= 0.3 is 6.09 Å². The average molecular weight is 822 g/mol. The van der Waals surface area contributed by atoms with E-state index in [1.54, 1.807) is 88.3 Å². The van der Waals surface area contributed by atoms with Crippen LogP contribution in [0.1, 0.15) is 93.7 Å². The van der Waals surface area contributed by atoms with Gasteiger partial charge in [-0.1, -0.05) is 116 Å². The summed E-state index contributed by atoms with van der Waals surface area (Å²) < 4.78 is 5.35. The van der Waals surface area contributed by atoms with E-state index in [0.29, 0.717) is 0 Å². The van der Waals surface area contributed by atoms with Gasteiger partial charge < -0.3 is 42.4 Å². The van der Waals surface area contributed by atoms with Gasteiger partial charge in [0.1, 0.15) is 35.8 Å². The van der Waals surface area contributed by atoms with Crippen molar-refractivity contribution in [3.8, 4) is 0 Å². The zero-order chi connectivity index (χ0) is 44.6. The minimum Gasteiger partial charge on any atom is -0.444 e. The second-order valence-corrected chi connectivity index (χ2v) is 17.4. The Bertz CT molecular complexity index is 1710. The van der Waals surface area contributed by atoms with Gasteiger partial charge in [0.25, 0.3) is 0 Å². The summed E-state index contributed by atoms with van der Waals surface area (Å²) in [4.78, 5) is 93.5. The van der Waals surface area contributed by atoms with Gasteiger partial charge in [0.05, 0.1) is 0 Å². The maximum absolute atomic E-state index is 14.0. The number of carbonyl (C=O) groups excluding carboxylic acids is 7. The van der Waals surface area contributed by atoms with E-state index in [1.807, 2.05) is 48.5 Å². The van der Waals surface area contributed by atoms with Crippen LogP contribution in [0, 0.1) is 23.7 Å². The molecule has 8 N–H and O–H groups in total. The second-order valence-electron chi connectivity index (χ2n) is 17.4. The predicted octanol–water partition coefficient (Wildman–Crippen LogP) is 3.29. The van der Waals surface area contributed by atoms with Crippen LogP contribution >= 0.6 is 0 Å². The Labute approximate surface area is 349 Å². The van der Waals surface area contributed by atoms with Crippen LogP contribution in [0.3, 0.4) is 0 Å². The van der Waals surface area contributed by atoms with Crippen molar-refractivity contribution in [1.29, 1.82) is 0 Å². The number of rotatable bonds is 21. The molecule has 0 saturated heterocycles. The van der Waals surface area contributed by atoms with Crippen molar-refractivity contribution < 1.29 is 38.3 Å². The lowest BCUT2D eigenvalue weighted by Gasteiger charge is -2.29. The lowest BCUT2D eigenvalue weighted by atomic mass is 9.97. The number of carbonyl (C=O) groups is 7. The van der Waals surface area contributed by atoms with Crippen molar-refractivity contribution in [3.05, 3.63) is 71.8 Å². The molecule has 15 heteroatoms. The molecule has 2 aromatic carbocycles. The van der Waals surface area contributed by atoms with Gasteiger partial charge in [-0.15, -0.1) is 0 Å². The molecular weight excluding hydrogens is 755 g/mol. The van der Waals surface area contributed by atoms with E-state index < -0.39 is 89.3 Å². The van der Waals surface area contributed by atoms with Crippen LogP contribution in [-0.4, -0.2) is 83.4 Å². The molecule has 0 radical (unpaired) electrons. The van der Waals surface area contributed by atoms with Gasteiger partial charge in [0, 0.05) is 18.9 Å². The number of ether oxygens (including phenoxy) is 1. The monoisotopic (exact) mass is 822 g/mol. The van der Waals surface area contributed by atoms with Crippen LogP contribution in [0.4, 0.5) is 4.79 Å². The van der Waals surface area contributed by atoms with Crippen molar-refractivity contribution in [2.75, 3.05) is 0 Å². The quantitative estimate of drug-likeness (QED) is 0.0987. The van der Waals surface area contributed by atoms with E-state index in [0.717, 1.165) is 11.1 Å². The third kappa shape index (κ3) is 17.5. The maximum Gasteiger partial charge on any atom is 0.408 e. The molecule has 15 nitrogen and oxygen atoms in total. The first-order valence-electron chi connectivity index (χ1n) is 20.4. The Kier molecular flexibility index (Phi) is 19.5. The molecule has 0 heterocycles. The highest BCUT2D eigenvalue weighted by atomic mass is 16.6. The molecule has 0 unspecified atom stereocenters. The van der Waals surface area contributed by atoms with Gasteiger partial charge in [-0.25, -0.2) is 4.79 Å². The molecule has 6 atom stereocenters. The van der Waals surface area contributed by atoms with Gasteiger partial charge in [0.15, 0.2) is 0 Å². The van der Waals surface area contributed by atoms with Crippen molar-refractivity contribution in [3.63, 3.8) is 0 Å². The highest BCUT2D eigenvalue weighted by molar-refractivity contribution is 5.95. The summed E-state index contributed by atoms with van der Waals surface area (Å²) in [6.07, 6.45) is -0.673. The highest BCUT2D eigenvalue weighted by Gasteiger charge is 2.35. The molecule has 2 aromatic rings. The number of nitrogens with two attached hydrogens (primary N) is 1. The third-order valence-corrected chi connectivity index (χ3v) is 9.42. The number of benzene rings is 2. The molecule has 59 heavy (non-hydrogen) atoms. The first-order chi connectivity index (χ1) is 27.5. The fraction of sp³-hybridized carbons (Fsp3) is 0.568. The first-order valence-corrected chi connectivity index (χ1v) is 20.4. The highest BCUT2D eigenvalue weighted by Crippen LogP contribution is 2.14. The van der Waals surface area contributed by atoms with E-state index in [-0.39, 0.29) is 37.0 Å². The molecule has 0 saturated carbocycles. The third-order valence-electron chi connectivity index (χ3n) is 9.42. The molecule has 0 fully saturated rings. The zero-order valence-electron chi connectivity index (χ0n) is 36.5. The van der Waals surface area contributed by atoms with Crippen LogP contribution in [0.2, 0.25) is 0 Å². The number of alkyl carbamates (subject to hydrolysis) is 1. The molecule has 0 bridgehead atoms. The molecule has 2 rings (SSSR count). The summed E-state index contributed by atoms with van der Waals surface area (Å²) in [5.74, 6) is -4.99. The molecule has 0 aliphatic rings. The van der Waals surface area contributed by atoms with E-state index in [4.69, 9.17) is 10.5 Å². The number of primary amides is 1. The summed E-state index contributed by atoms with van der Waals surface area (Å²) in [6.45, 7) is 19.2. The predicted molar refractivity (Wildman–Crippen MR) is 226 cm³/mol. The standard InChI is InChI=1S/C44H67N7O8/c1-25(2)34(38(45)53)48-41(56)36(27(5)6)49-39(54)32(23-30-20-16-13-17-21-30)47-33(52)24-31(22-29-18-14-12-15-19-29)46-40(55)35(26(3)4)50-42(57)37(28(7)8)51-43(58)59-44(9,10)11/h12-21,25-28,31-32,34-37H,22-24H2,1-11H3,(H2,45,53)(H,46,55)(H,47,52)(H,48,56)(H,49,54)(H,50,57)(H,51,58)/t31-,32-,34-,35-,36-,37-/m0/s1. The topological polar surface area (TPSA) is 227 Å². The fourth-order valence-corrected chi connectivity index (χ4v) is 6.25. The van der Waals surface area contributed by atoms with Gasteiger partial charge in [0.2, 0.25) is 35.4 Å². The zero-order valence-corrected chi connectivity index (χ0v) is 36.5. The van der Waals surface area contributed by atoms with Crippen LogP contribution in [0.15, 0.2) is 60.7 Å². The van der Waals surface area contributed by atoms with Crippen molar-refractivity contribution >= 4 is 41.5 Å². The smallest absolute Gasteiger partial charge is 0.408 e.